The topological polar surface area (TPSA) is 46.2 Å². The van der Waals surface area contributed by atoms with E-state index in [0.717, 1.165) is 12.8 Å². The van der Waals surface area contributed by atoms with Gasteiger partial charge in [0, 0.05) is 12.6 Å². The zero-order valence-electron chi connectivity index (χ0n) is 5.13. The molecule has 0 aliphatic heterocycles. The number of halogens is 1. The Labute approximate surface area is 60.8 Å². The Morgan fingerprint density at radius 3 is 2.25 bits per heavy atom. The first-order valence-electron chi connectivity index (χ1n) is 2.67. The lowest BCUT2D eigenvalue weighted by atomic mass is 10.2. The molecule has 0 spiro atoms. The van der Waals surface area contributed by atoms with Gasteiger partial charge in [-0.25, -0.2) is 0 Å². The van der Waals surface area contributed by atoms with Crippen molar-refractivity contribution in [1.82, 2.24) is 0 Å². The molecule has 0 aliphatic rings. The van der Waals surface area contributed by atoms with Gasteiger partial charge in [-0.15, -0.1) is 17.0 Å². The van der Waals surface area contributed by atoms with Crippen LogP contribution < -0.4 is 5.73 Å². The molecule has 0 amide bonds. The summed E-state index contributed by atoms with van der Waals surface area (Å²) in [5, 5.41) is 8.29. The second-order valence-corrected chi connectivity index (χ2v) is 1.68. The third-order valence-electron chi connectivity index (χ3n) is 1.02. The smallest absolute Gasteiger partial charge is 0.0445 e. The van der Waals surface area contributed by atoms with E-state index < -0.39 is 0 Å². The molecule has 1 unspecified atom stereocenters. The summed E-state index contributed by atoms with van der Waals surface area (Å²) in [6, 6.07) is 0.199. The highest BCUT2D eigenvalue weighted by Crippen LogP contribution is 1.89. The molecule has 0 saturated heterocycles. The summed E-state index contributed by atoms with van der Waals surface area (Å²) < 4.78 is 0. The minimum Gasteiger partial charge on any atom is -0.396 e. The fourth-order valence-corrected chi connectivity index (χ4v) is 0.370. The van der Waals surface area contributed by atoms with Gasteiger partial charge in [0.15, 0.2) is 0 Å². The number of aliphatic hydroxyl groups is 1. The maximum atomic E-state index is 8.29. The molecule has 0 fully saturated rings. The summed E-state index contributed by atoms with van der Waals surface area (Å²) in [6.45, 7) is 2.23. The van der Waals surface area contributed by atoms with Crippen molar-refractivity contribution >= 4 is 17.0 Å². The average Bonchev–Trinajstić information content (AvgIpc) is 1.68. The van der Waals surface area contributed by atoms with Crippen molar-refractivity contribution in [3.63, 3.8) is 0 Å². The summed E-state index contributed by atoms with van der Waals surface area (Å²) in [5.74, 6) is 0. The third kappa shape index (κ3) is 6.40. The minimum absolute atomic E-state index is 0. The Bertz CT molecular complexity index is 43.4. The maximum absolute atomic E-state index is 8.29. The van der Waals surface area contributed by atoms with Crippen LogP contribution in [0.5, 0.6) is 0 Å². The summed E-state index contributed by atoms with van der Waals surface area (Å²) >= 11 is 0. The number of hydrogen-bond acceptors (Lipinski definition) is 2. The van der Waals surface area contributed by atoms with Crippen LogP contribution in [0.15, 0.2) is 0 Å². The van der Waals surface area contributed by atoms with Gasteiger partial charge in [-0.05, 0) is 12.8 Å². The van der Waals surface area contributed by atoms with Gasteiger partial charge in [0.1, 0.15) is 0 Å². The van der Waals surface area contributed by atoms with Crippen LogP contribution in [-0.4, -0.2) is 17.8 Å². The third-order valence-corrected chi connectivity index (χ3v) is 1.02. The Kier molecular flexibility index (Phi) is 10.4. The van der Waals surface area contributed by atoms with Crippen LogP contribution in [0.25, 0.3) is 0 Å². The lowest BCUT2D eigenvalue weighted by Gasteiger charge is -2.02. The molecule has 2 nitrogen and oxygen atoms in total. The standard InChI is InChI=1S/C5H13NO.BrH/c1-2-5(6)3-4-7;/h5,7H,2-4,6H2,1H3;1H. The highest BCUT2D eigenvalue weighted by molar-refractivity contribution is 8.93. The predicted octanol–water partition coefficient (Wildman–Crippen LogP) is 0.684. The zero-order valence-corrected chi connectivity index (χ0v) is 6.84. The van der Waals surface area contributed by atoms with Crippen LogP contribution in [-0.2, 0) is 0 Å². The van der Waals surface area contributed by atoms with Crippen molar-refractivity contribution < 1.29 is 5.11 Å². The first-order chi connectivity index (χ1) is 3.31. The van der Waals surface area contributed by atoms with Gasteiger partial charge in [0.05, 0.1) is 0 Å². The highest BCUT2D eigenvalue weighted by atomic mass is 79.9. The average molecular weight is 184 g/mol. The van der Waals surface area contributed by atoms with Crippen molar-refractivity contribution in [3.05, 3.63) is 0 Å². The van der Waals surface area contributed by atoms with E-state index in [1.165, 1.54) is 0 Å². The minimum atomic E-state index is 0. The highest BCUT2D eigenvalue weighted by Gasteiger charge is 1.93. The summed E-state index contributed by atoms with van der Waals surface area (Å²) in [6.07, 6.45) is 1.69. The zero-order chi connectivity index (χ0) is 5.70. The molecule has 0 aromatic heterocycles. The molecular formula is C5H14BrNO. The lowest BCUT2D eigenvalue weighted by Crippen LogP contribution is -2.19. The molecule has 0 radical (unpaired) electrons. The van der Waals surface area contributed by atoms with Crippen LogP contribution in [0.3, 0.4) is 0 Å². The maximum Gasteiger partial charge on any atom is 0.0445 e. The van der Waals surface area contributed by atoms with Crippen molar-refractivity contribution in [2.45, 2.75) is 25.8 Å². The number of nitrogens with two attached hydrogens (primary N) is 1. The summed E-state index contributed by atoms with van der Waals surface area (Å²) in [4.78, 5) is 0. The molecular weight excluding hydrogens is 170 g/mol. The molecule has 0 aromatic rings. The van der Waals surface area contributed by atoms with Gasteiger partial charge in [0.2, 0.25) is 0 Å². The van der Waals surface area contributed by atoms with Gasteiger partial charge in [-0.1, -0.05) is 6.92 Å². The van der Waals surface area contributed by atoms with E-state index in [-0.39, 0.29) is 29.6 Å². The largest absolute Gasteiger partial charge is 0.396 e. The molecule has 0 rings (SSSR count). The fourth-order valence-electron chi connectivity index (χ4n) is 0.370. The normalized spacial score (nSPS) is 12.4. The molecule has 3 N–H and O–H groups in total. The van der Waals surface area contributed by atoms with Gasteiger partial charge >= 0.3 is 0 Å². The SMILES string of the molecule is Br.CCC(N)CCO. The molecule has 3 heteroatoms. The second kappa shape index (κ2) is 7.40. The van der Waals surface area contributed by atoms with Crippen LogP contribution in [0.2, 0.25) is 0 Å². The van der Waals surface area contributed by atoms with E-state index in [2.05, 4.69) is 0 Å². The Morgan fingerprint density at radius 1 is 1.62 bits per heavy atom. The van der Waals surface area contributed by atoms with Gasteiger partial charge in [-0.3, -0.25) is 0 Å². The molecule has 8 heavy (non-hydrogen) atoms. The number of rotatable bonds is 3. The molecule has 0 heterocycles. The molecule has 0 aliphatic carbocycles. The number of aliphatic hydroxyl groups excluding tert-OH is 1. The van der Waals surface area contributed by atoms with Crippen LogP contribution in [0.1, 0.15) is 19.8 Å². The predicted molar refractivity (Wildman–Crippen MR) is 40.3 cm³/mol. The van der Waals surface area contributed by atoms with Gasteiger partial charge < -0.3 is 10.8 Å². The van der Waals surface area contributed by atoms with Crippen LogP contribution in [0, 0.1) is 0 Å². The van der Waals surface area contributed by atoms with Crippen LogP contribution in [0.4, 0.5) is 0 Å². The van der Waals surface area contributed by atoms with Gasteiger partial charge in [0.25, 0.3) is 0 Å². The first kappa shape index (κ1) is 11.2. The summed E-state index contributed by atoms with van der Waals surface area (Å²) in [5.41, 5.74) is 5.42. The van der Waals surface area contributed by atoms with Crippen LogP contribution >= 0.6 is 17.0 Å². The fraction of sp³-hybridized carbons (Fsp3) is 1.00. The van der Waals surface area contributed by atoms with E-state index in [1.54, 1.807) is 0 Å². The molecule has 0 bridgehead atoms. The van der Waals surface area contributed by atoms with E-state index >= 15 is 0 Å². The Hall–Kier alpha value is 0.400. The van der Waals surface area contributed by atoms with Crippen molar-refractivity contribution in [3.8, 4) is 0 Å². The molecule has 0 saturated carbocycles. The van der Waals surface area contributed by atoms with Crippen molar-refractivity contribution in [1.29, 1.82) is 0 Å². The van der Waals surface area contributed by atoms with E-state index in [1.807, 2.05) is 6.92 Å². The molecule has 0 aromatic carbocycles. The van der Waals surface area contributed by atoms with E-state index in [9.17, 15) is 0 Å². The van der Waals surface area contributed by atoms with E-state index in [4.69, 9.17) is 10.8 Å². The number of hydrogen-bond donors (Lipinski definition) is 2. The van der Waals surface area contributed by atoms with Crippen molar-refractivity contribution in [2.75, 3.05) is 6.61 Å². The van der Waals surface area contributed by atoms with E-state index in [0.29, 0.717) is 0 Å². The summed E-state index contributed by atoms with van der Waals surface area (Å²) in [7, 11) is 0. The Morgan fingerprint density at radius 2 is 2.12 bits per heavy atom. The Balaban J connectivity index is 0. The van der Waals surface area contributed by atoms with Gasteiger partial charge in [-0.2, -0.15) is 0 Å². The quantitative estimate of drug-likeness (QED) is 0.677. The molecule has 1 atom stereocenters. The first-order valence-corrected chi connectivity index (χ1v) is 2.67. The lowest BCUT2D eigenvalue weighted by molar-refractivity contribution is 0.274. The van der Waals surface area contributed by atoms with Crippen molar-refractivity contribution in [2.24, 2.45) is 5.73 Å². The second-order valence-electron chi connectivity index (χ2n) is 1.68. The molecule has 52 valence electrons. The monoisotopic (exact) mass is 183 g/mol.